The third kappa shape index (κ3) is 4.22. The van der Waals surface area contributed by atoms with Gasteiger partial charge in [-0.3, -0.25) is 9.69 Å². The van der Waals surface area contributed by atoms with Crippen LogP contribution < -0.4 is 5.32 Å². The normalized spacial score (nSPS) is 17.7. The van der Waals surface area contributed by atoms with E-state index >= 15 is 0 Å². The fourth-order valence-corrected chi connectivity index (χ4v) is 3.20. The molecule has 1 aliphatic heterocycles. The molecular weight excluding hydrogens is 346 g/mol. The molecule has 4 rings (SSSR count). The summed E-state index contributed by atoms with van der Waals surface area (Å²) in [6.07, 6.45) is 6.69. The number of rotatable bonds is 5. The third-order valence-corrected chi connectivity index (χ3v) is 4.64. The van der Waals surface area contributed by atoms with E-state index < -0.39 is 0 Å². The van der Waals surface area contributed by atoms with Gasteiger partial charge in [0, 0.05) is 12.7 Å². The van der Waals surface area contributed by atoms with Crippen molar-refractivity contribution in [1.82, 2.24) is 20.0 Å². The van der Waals surface area contributed by atoms with Gasteiger partial charge in [-0.05, 0) is 44.0 Å². The van der Waals surface area contributed by atoms with Crippen LogP contribution in [0.5, 0.6) is 0 Å². The predicted octanol–water partition coefficient (Wildman–Crippen LogP) is 2.88. The first-order valence-electron chi connectivity index (χ1n) is 8.98. The molecule has 0 aliphatic carbocycles. The molecule has 3 aromatic heterocycles. The van der Waals surface area contributed by atoms with E-state index in [-0.39, 0.29) is 11.8 Å². The van der Waals surface area contributed by atoms with Gasteiger partial charge >= 0.3 is 0 Å². The summed E-state index contributed by atoms with van der Waals surface area (Å²) in [5.74, 6) is 1.55. The number of likely N-dealkylation sites (tertiary alicyclic amines) is 1. The van der Waals surface area contributed by atoms with Gasteiger partial charge in [-0.15, -0.1) is 0 Å². The summed E-state index contributed by atoms with van der Waals surface area (Å²) in [5, 5.41) is 6.94. The highest BCUT2D eigenvalue weighted by molar-refractivity contribution is 5.91. The van der Waals surface area contributed by atoms with Crippen molar-refractivity contribution in [3.63, 3.8) is 0 Å². The maximum atomic E-state index is 12.6. The number of nitrogens with one attached hydrogen (secondary N) is 1. The fourth-order valence-electron chi connectivity index (χ4n) is 3.20. The first-order valence-corrected chi connectivity index (χ1v) is 8.98. The summed E-state index contributed by atoms with van der Waals surface area (Å²) < 4.78 is 10.3. The summed E-state index contributed by atoms with van der Waals surface area (Å²) in [6, 6.07) is 5.53. The summed E-state index contributed by atoms with van der Waals surface area (Å²) in [5.41, 5.74) is 1.82. The maximum Gasteiger partial charge on any atom is 0.261 e. The lowest BCUT2D eigenvalue weighted by Gasteiger charge is -2.30. The second kappa shape index (κ2) is 7.71. The first kappa shape index (κ1) is 17.4. The molecule has 0 radical (unpaired) electrons. The van der Waals surface area contributed by atoms with Crippen molar-refractivity contribution >= 4 is 11.7 Å². The van der Waals surface area contributed by atoms with E-state index in [1.54, 1.807) is 24.8 Å². The molecule has 0 aromatic carbocycles. The summed E-state index contributed by atoms with van der Waals surface area (Å²) in [7, 11) is 0. The first-order chi connectivity index (χ1) is 13.2. The summed E-state index contributed by atoms with van der Waals surface area (Å²) in [4.78, 5) is 23.4. The average molecular weight is 367 g/mol. The molecule has 1 N–H and O–H groups in total. The molecule has 1 amide bonds. The second-order valence-corrected chi connectivity index (χ2v) is 6.81. The van der Waals surface area contributed by atoms with Crippen molar-refractivity contribution in [3.8, 4) is 11.5 Å². The molecule has 0 spiro atoms. The largest absolute Gasteiger partial charge is 0.472 e. The molecule has 1 fully saturated rings. The monoisotopic (exact) mass is 367 g/mol. The molecule has 4 heterocycles. The predicted molar refractivity (Wildman–Crippen MR) is 97.6 cm³/mol. The fraction of sp³-hybridized carbons (Fsp3) is 0.368. The number of piperidine rings is 1. The van der Waals surface area contributed by atoms with E-state index in [9.17, 15) is 4.79 Å². The Morgan fingerprint density at radius 3 is 3.07 bits per heavy atom. The van der Waals surface area contributed by atoms with Gasteiger partial charge in [0.1, 0.15) is 12.1 Å². The zero-order chi connectivity index (χ0) is 18.6. The van der Waals surface area contributed by atoms with E-state index in [1.807, 2.05) is 19.1 Å². The van der Waals surface area contributed by atoms with E-state index in [2.05, 4.69) is 25.3 Å². The van der Waals surface area contributed by atoms with Crippen LogP contribution in [0.15, 0.2) is 45.9 Å². The Balaban J connectivity index is 1.35. The van der Waals surface area contributed by atoms with Crippen molar-refractivity contribution in [1.29, 1.82) is 0 Å². The zero-order valence-electron chi connectivity index (χ0n) is 15.1. The van der Waals surface area contributed by atoms with E-state index in [0.29, 0.717) is 30.6 Å². The van der Waals surface area contributed by atoms with Crippen LogP contribution in [0.2, 0.25) is 0 Å². The number of aromatic nitrogens is 3. The highest BCUT2D eigenvalue weighted by Gasteiger charge is 2.27. The molecule has 1 aliphatic rings. The van der Waals surface area contributed by atoms with Crippen LogP contribution in [-0.4, -0.2) is 39.0 Å². The number of pyridine rings is 1. The highest BCUT2D eigenvalue weighted by atomic mass is 16.5. The van der Waals surface area contributed by atoms with Gasteiger partial charge in [-0.25, -0.2) is 4.98 Å². The topological polar surface area (TPSA) is 97.3 Å². The van der Waals surface area contributed by atoms with Gasteiger partial charge in [-0.1, -0.05) is 11.2 Å². The molecule has 1 saturated heterocycles. The number of hydrogen-bond donors (Lipinski definition) is 1. The number of amides is 1. The molecule has 0 unspecified atom stereocenters. The standard InChI is InChI=1S/C19H21N5O3/c1-13-4-5-16(20-9-13)21-18(25)14-3-2-7-24(10-14)11-17-22-19(27-23-17)15-6-8-26-12-15/h4-6,8-9,12,14H,2-3,7,10-11H2,1H3,(H,20,21,25)/t14-/m0/s1. The van der Waals surface area contributed by atoms with Crippen molar-refractivity contribution < 1.29 is 13.7 Å². The minimum Gasteiger partial charge on any atom is -0.472 e. The van der Waals surface area contributed by atoms with Crippen molar-refractivity contribution in [3.05, 3.63) is 48.3 Å². The molecule has 27 heavy (non-hydrogen) atoms. The Morgan fingerprint density at radius 1 is 1.37 bits per heavy atom. The van der Waals surface area contributed by atoms with Crippen molar-refractivity contribution in [2.45, 2.75) is 26.3 Å². The van der Waals surface area contributed by atoms with E-state index in [1.165, 1.54) is 0 Å². The third-order valence-electron chi connectivity index (χ3n) is 4.64. The summed E-state index contributed by atoms with van der Waals surface area (Å²) >= 11 is 0. The molecule has 0 bridgehead atoms. The van der Waals surface area contributed by atoms with Gasteiger partial charge in [0.25, 0.3) is 5.89 Å². The average Bonchev–Trinajstić information content (AvgIpc) is 3.35. The lowest BCUT2D eigenvalue weighted by atomic mass is 9.97. The number of carbonyl (C=O) groups is 1. The molecule has 8 nitrogen and oxygen atoms in total. The van der Waals surface area contributed by atoms with Crippen LogP contribution >= 0.6 is 0 Å². The summed E-state index contributed by atoms with van der Waals surface area (Å²) in [6.45, 7) is 4.08. The molecule has 0 saturated carbocycles. The van der Waals surface area contributed by atoms with E-state index in [0.717, 1.165) is 30.5 Å². The van der Waals surface area contributed by atoms with Gasteiger partial charge in [0.05, 0.1) is 24.3 Å². The molecule has 3 aromatic rings. The molecular formula is C19H21N5O3. The minimum atomic E-state index is -0.0814. The second-order valence-electron chi connectivity index (χ2n) is 6.81. The Bertz CT molecular complexity index is 888. The minimum absolute atomic E-state index is 0.00301. The Morgan fingerprint density at radius 2 is 2.30 bits per heavy atom. The van der Waals surface area contributed by atoms with Crippen molar-refractivity contribution in [2.24, 2.45) is 5.92 Å². The van der Waals surface area contributed by atoms with Crippen LogP contribution in [0.3, 0.4) is 0 Å². The number of anilines is 1. The maximum absolute atomic E-state index is 12.6. The molecule has 8 heteroatoms. The number of nitrogens with zero attached hydrogens (tertiary/aromatic N) is 4. The van der Waals surface area contributed by atoms with Gasteiger partial charge in [0.2, 0.25) is 5.91 Å². The highest BCUT2D eigenvalue weighted by Crippen LogP contribution is 2.21. The quantitative estimate of drug-likeness (QED) is 0.740. The number of hydrogen-bond acceptors (Lipinski definition) is 7. The number of carbonyl (C=O) groups excluding carboxylic acids is 1. The Kier molecular flexibility index (Phi) is 4.97. The Hall–Kier alpha value is -3.00. The van der Waals surface area contributed by atoms with Gasteiger partial charge in [0.15, 0.2) is 5.82 Å². The van der Waals surface area contributed by atoms with Crippen LogP contribution in [0, 0.1) is 12.8 Å². The van der Waals surface area contributed by atoms with Crippen molar-refractivity contribution in [2.75, 3.05) is 18.4 Å². The zero-order valence-corrected chi connectivity index (χ0v) is 15.1. The lowest BCUT2D eigenvalue weighted by molar-refractivity contribution is -0.121. The van der Waals surface area contributed by atoms with E-state index in [4.69, 9.17) is 8.94 Å². The molecule has 1 atom stereocenters. The van der Waals surface area contributed by atoms with Crippen LogP contribution in [0.1, 0.15) is 24.2 Å². The Labute approximate surface area is 156 Å². The number of furan rings is 1. The van der Waals surface area contributed by atoms with Crippen LogP contribution in [0.4, 0.5) is 5.82 Å². The lowest BCUT2D eigenvalue weighted by Crippen LogP contribution is -2.40. The van der Waals surface area contributed by atoms with Crippen LogP contribution in [-0.2, 0) is 11.3 Å². The van der Waals surface area contributed by atoms with Gasteiger partial charge in [-0.2, -0.15) is 4.98 Å². The van der Waals surface area contributed by atoms with Crippen LogP contribution in [0.25, 0.3) is 11.5 Å². The smallest absolute Gasteiger partial charge is 0.261 e. The number of aryl methyl sites for hydroxylation is 1. The molecule has 140 valence electrons. The SMILES string of the molecule is Cc1ccc(NC(=O)[C@H]2CCCN(Cc3noc(-c4ccoc4)n3)C2)nc1. The van der Waals surface area contributed by atoms with Gasteiger partial charge < -0.3 is 14.3 Å².